The van der Waals surface area contributed by atoms with Crippen LogP contribution < -0.4 is 5.32 Å². The van der Waals surface area contributed by atoms with Gasteiger partial charge in [-0.3, -0.25) is 0 Å². The van der Waals surface area contributed by atoms with E-state index in [-0.39, 0.29) is 12.6 Å². The van der Waals surface area contributed by atoms with E-state index in [0.29, 0.717) is 0 Å². The molecule has 1 heterocycles. The van der Waals surface area contributed by atoms with E-state index in [0.717, 1.165) is 18.5 Å². The molecule has 1 atom stereocenters. The molecule has 0 fully saturated rings. The minimum atomic E-state index is 0.0709. The van der Waals surface area contributed by atoms with Gasteiger partial charge in [0.05, 0.1) is 6.61 Å². The highest BCUT2D eigenvalue weighted by atomic mass is 16.3. The SMILES string of the molecule is OCC(Cc1ccccc1)NCc1cccc2[nH]ccc12. The molecule has 0 aliphatic carbocycles. The molecule has 3 rings (SSSR count). The standard InChI is InChI=1S/C18H20N2O/c21-13-16(11-14-5-2-1-3-6-14)20-12-15-7-4-8-18-17(15)9-10-19-18/h1-10,16,19-21H,11-13H2. The lowest BCUT2D eigenvalue weighted by Crippen LogP contribution is -2.34. The van der Waals surface area contributed by atoms with Crippen LogP contribution in [0, 0.1) is 0 Å². The van der Waals surface area contributed by atoms with E-state index in [1.807, 2.05) is 24.4 Å². The van der Waals surface area contributed by atoms with Crippen LogP contribution in [0.3, 0.4) is 0 Å². The van der Waals surface area contributed by atoms with Crippen molar-refractivity contribution in [2.45, 2.75) is 19.0 Å². The quantitative estimate of drug-likeness (QED) is 0.650. The maximum atomic E-state index is 9.57. The first-order chi connectivity index (χ1) is 10.4. The van der Waals surface area contributed by atoms with Crippen LogP contribution in [-0.2, 0) is 13.0 Å². The molecule has 1 unspecified atom stereocenters. The van der Waals surface area contributed by atoms with E-state index < -0.39 is 0 Å². The van der Waals surface area contributed by atoms with Crippen LogP contribution in [-0.4, -0.2) is 22.7 Å². The predicted octanol–water partition coefficient (Wildman–Crippen LogP) is 2.86. The molecule has 3 nitrogen and oxygen atoms in total. The summed E-state index contributed by atoms with van der Waals surface area (Å²) in [6, 6.07) is 18.7. The van der Waals surface area contributed by atoms with Crippen LogP contribution in [0.4, 0.5) is 0 Å². The molecule has 0 aliphatic heterocycles. The van der Waals surface area contributed by atoms with Gasteiger partial charge in [0, 0.05) is 29.7 Å². The van der Waals surface area contributed by atoms with E-state index in [9.17, 15) is 5.11 Å². The van der Waals surface area contributed by atoms with Crippen LogP contribution in [0.1, 0.15) is 11.1 Å². The minimum Gasteiger partial charge on any atom is -0.395 e. The topological polar surface area (TPSA) is 48.0 Å². The second kappa shape index (κ2) is 6.57. The summed E-state index contributed by atoms with van der Waals surface area (Å²) >= 11 is 0. The fourth-order valence-corrected chi connectivity index (χ4v) is 2.66. The van der Waals surface area contributed by atoms with Crippen molar-refractivity contribution >= 4 is 10.9 Å². The van der Waals surface area contributed by atoms with Crippen LogP contribution in [0.25, 0.3) is 10.9 Å². The normalized spacial score (nSPS) is 12.6. The number of H-pyrrole nitrogens is 1. The van der Waals surface area contributed by atoms with Crippen molar-refractivity contribution < 1.29 is 5.11 Å². The third-order valence-corrected chi connectivity index (χ3v) is 3.81. The van der Waals surface area contributed by atoms with E-state index in [1.54, 1.807) is 0 Å². The molecule has 0 amide bonds. The van der Waals surface area contributed by atoms with Gasteiger partial charge in [-0.05, 0) is 29.7 Å². The highest BCUT2D eigenvalue weighted by Crippen LogP contribution is 2.17. The largest absolute Gasteiger partial charge is 0.395 e. The van der Waals surface area contributed by atoms with Crippen LogP contribution >= 0.6 is 0 Å². The summed E-state index contributed by atoms with van der Waals surface area (Å²) in [6.07, 6.45) is 2.79. The highest BCUT2D eigenvalue weighted by Gasteiger charge is 2.09. The molecule has 3 heteroatoms. The Morgan fingerprint density at radius 3 is 2.67 bits per heavy atom. The summed E-state index contributed by atoms with van der Waals surface area (Å²) in [5.74, 6) is 0. The summed E-state index contributed by atoms with van der Waals surface area (Å²) in [7, 11) is 0. The first-order valence-corrected chi connectivity index (χ1v) is 7.30. The van der Waals surface area contributed by atoms with E-state index in [4.69, 9.17) is 0 Å². The molecular weight excluding hydrogens is 260 g/mol. The fourth-order valence-electron chi connectivity index (χ4n) is 2.66. The number of aromatic nitrogens is 1. The molecule has 0 saturated heterocycles. The zero-order valence-corrected chi connectivity index (χ0v) is 11.9. The summed E-state index contributed by atoms with van der Waals surface area (Å²) < 4.78 is 0. The Morgan fingerprint density at radius 1 is 1.00 bits per heavy atom. The van der Waals surface area contributed by atoms with Gasteiger partial charge in [0.2, 0.25) is 0 Å². The van der Waals surface area contributed by atoms with Gasteiger partial charge in [0.1, 0.15) is 0 Å². The molecule has 0 saturated carbocycles. The monoisotopic (exact) mass is 280 g/mol. The first kappa shape index (κ1) is 13.9. The molecule has 0 radical (unpaired) electrons. The lowest BCUT2D eigenvalue weighted by Gasteiger charge is -2.17. The molecule has 0 bridgehead atoms. The predicted molar refractivity (Wildman–Crippen MR) is 86.2 cm³/mol. The zero-order chi connectivity index (χ0) is 14.5. The minimum absolute atomic E-state index is 0.0709. The van der Waals surface area contributed by atoms with Gasteiger partial charge >= 0.3 is 0 Å². The third kappa shape index (κ3) is 3.32. The Morgan fingerprint density at radius 2 is 1.86 bits per heavy atom. The smallest absolute Gasteiger partial charge is 0.0587 e. The third-order valence-electron chi connectivity index (χ3n) is 3.81. The number of hydrogen-bond acceptors (Lipinski definition) is 2. The number of fused-ring (bicyclic) bond motifs is 1. The van der Waals surface area contributed by atoms with Gasteiger partial charge in [-0.25, -0.2) is 0 Å². The maximum Gasteiger partial charge on any atom is 0.0587 e. The summed E-state index contributed by atoms with van der Waals surface area (Å²) in [5.41, 5.74) is 3.64. The number of nitrogens with one attached hydrogen (secondary N) is 2. The van der Waals surface area contributed by atoms with Gasteiger partial charge in [-0.2, -0.15) is 0 Å². The van der Waals surface area contributed by atoms with E-state index in [1.165, 1.54) is 16.5 Å². The molecule has 21 heavy (non-hydrogen) atoms. The molecule has 0 aliphatic rings. The van der Waals surface area contributed by atoms with Gasteiger partial charge < -0.3 is 15.4 Å². The van der Waals surface area contributed by atoms with Crippen molar-refractivity contribution in [3.8, 4) is 0 Å². The summed E-state index contributed by atoms with van der Waals surface area (Å²) in [4.78, 5) is 3.22. The van der Waals surface area contributed by atoms with Crippen LogP contribution in [0.2, 0.25) is 0 Å². The summed E-state index contributed by atoms with van der Waals surface area (Å²) in [6.45, 7) is 0.894. The summed E-state index contributed by atoms with van der Waals surface area (Å²) in [5, 5.41) is 14.3. The Balaban J connectivity index is 1.66. The zero-order valence-electron chi connectivity index (χ0n) is 11.9. The molecule has 0 spiro atoms. The molecule has 3 aromatic rings. The molecular formula is C18H20N2O. The number of benzene rings is 2. The number of aromatic amines is 1. The Bertz CT molecular complexity index is 691. The Labute approximate surface area is 124 Å². The number of hydrogen-bond donors (Lipinski definition) is 3. The van der Waals surface area contributed by atoms with Crippen molar-refractivity contribution in [3.05, 3.63) is 71.9 Å². The molecule has 1 aromatic heterocycles. The Kier molecular flexibility index (Phi) is 4.34. The first-order valence-electron chi connectivity index (χ1n) is 7.30. The van der Waals surface area contributed by atoms with Gasteiger partial charge in [-0.15, -0.1) is 0 Å². The lowest BCUT2D eigenvalue weighted by atomic mass is 10.1. The molecule has 3 N–H and O–H groups in total. The lowest BCUT2D eigenvalue weighted by molar-refractivity contribution is 0.241. The molecule has 2 aromatic carbocycles. The van der Waals surface area contributed by atoms with Gasteiger partial charge in [0.15, 0.2) is 0 Å². The van der Waals surface area contributed by atoms with Crippen molar-refractivity contribution in [2.75, 3.05) is 6.61 Å². The maximum absolute atomic E-state index is 9.57. The second-order valence-electron chi connectivity index (χ2n) is 5.31. The van der Waals surface area contributed by atoms with Crippen LogP contribution in [0.5, 0.6) is 0 Å². The molecule has 108 valence electrons. The average molecular weight is 280 g/mol. The average Bonchev–Trinajstić information content (AvgIpc) is 3.01. The highest BCUT2D eigenvalue weighted by molar-refractivity contribution is 5.82. The number of rotatable bonds is 6. The van der Waals surface area contributed by atoms with Crippen LogP contribution in [0.15, 0.2) is 60.8 Å². The van der Waals surface area contributed by atoms with Gasteiger partial charge in [-0.1, -0.05) is 42.5 Å². The van der Waals surface area contributed by atoms with Gasteiger partial charge in [0.25, 0.3) is 0 Å². The van der Waals surface area contributed by atoms with Crippen molar-refractivity contribution in [2.24, 2.45) is 0 Å². The number of aliphatic hydroxyl groups is 1. The Hall–Kier alpha value is -2.10. The van der Waals surface area contributed by atoms with E-state index >= 15 is 0 Å². The number of aliphatic hydroxyl groups excluding tert-OH is 1. The fraction of sp³-hybridized carbons (Fsp3) is 0.222. The second-order valence-corrected chi connectivity index (χ2v) is 5.31. The van der Waals surface area contributed by atoms with E-state index in [2.05, 4.69) is 46.7 Å². The van der Waals surface area contributed by atoms with Crippen molar-refractivity contribution in [3.63, 3.8) is 0 Å². The van der Waals surface area contributed by atoms with Crippen molar-refractivity contribution in [1.82, 2.24) is 10.3 Å². The van der Waals surface area contributed by atoms with Crippen molar-refractivity contribution in [1.29, 1.82) is 0 Å².